The van der Waals surface area contributed by atoms with Gasteiger partial charge in [-0.2, -0.15) is 0 Å². The Morgan fingerprint density at radius 1 is 1.10 bits per heavy atom. The fourth-order valence-electron chi connectivity index (χ4n) is 3.26. The predicted molar refractivity (Wildman–Crippen MR) is 117 cm³/mol. The molecular formula is C22H26N2O3S2. The van der Waals surface area contributed by atoms with Crippen LogP contribution in [-0.4, -0.2) is 33.8 Å². The standard InChI is InChI=1S/C22H26N2O3S2/c1-2-14-28-21-18(20(25)23-16-6-4-3-5-7-16)12-13-19(24-21)29-17-10-8-15(9-11-17)22(26)27/h8-13,16H,2-7,14H2,1H3,(H,23,25)(H,26,27). The molecule has 0 radical (unpaired) electrons. The molecule has 1 aromatic carbocycles. The first kappa shape index (κ1) is 21.7. The maximum Gasteiger partial charge on any atom is 0.335 e. The van der Waals surface area contributed by atoms with Crippen molar-refractivity contribution in [1.82, 2.24) is 10.3 Å². The number of pyridine rings is 1. The summed E-state index contributed by atoms with van der Waals surface area (Å²) < 4.78 is 0. The molecule has 1 fully saturated rings. The van der Waals surface area contributed by atoms with Gasteiger partial charge >= 0.3 is 5.97 Å². The van der Waals surface area contributed by atoms with E-state index in [0.29, 0.717) is 5.56 Å². The monoisotopic (exact) mass is 430 g/mol. The number of nitrogens with one attached hydrogen (secondary N) is 1. The molecule has 7 heteroatoms. The number of aromatic carboxylic acids is 1. The van der Waals surface area contributed by atoms with Gasteiger partial charge in [-0.1, -0.05) is 37.9 Å². The summed E-state index contributed by atoms with van der Waals surface area (Å²) in [5, 5.41) is 13.8. The highest BCUT2D eigenvalue weighted by Gasteiger charge is 2.20. The zero-order valence-corrected chi connectivity index (χ0v) is 18.2. The number of carbonyl (C=O) groups is 2. The van der Waals surface area contributed by atoms with E-state index >= 15 is 0 Å². The van der Waals surface area contributed by atoms with Gasteiger partial charge in [0.15, 0.2) is 0 Å². The molecule has 0 bridgehead atoms. The Morgan fingerprint density at radius 3 is 2.48 bits per heavy atom. The Bertz CT molecular complexity index is 850. The van der Waals surface area contributed by atoms with E-state index in [1.165, 1.54) is 31.0 Å². The van der Waals surface area contributed by atoms with Crippen LogP contribution < -0.4 is 5.32 Å². The number of carboxylic acids is 1. The second-order valence-electron chi connectivity index (χ2n) is 7.09. The van der Waals surface area contributed by atoms with E-state index in [4.69, 9.17) is 10.1 Å². The van der Waals surface area contributed by atoms with Gasteiger partial charge in [0.25, 0.3) is 5.91 Å². The summed E-state index contributed by atoms with van der Waals surface area (Å²) in [7, 11) is 0. The Morgan fingerprint density at radius 2 is 1.83 bits per heavy atom. The van der Waals surface area contributed by atoms with Gasteiger partial charge in [0.1, 0.15) is 10.1 Å². The minimum absolute atomic E-state index is 0.0367. The van der Waals surface area contributed by atoms with Crippen molar-refractivity contribution in [2.75, 3.05) is 5.75 Å². The molecule has 1 aromatic heterocycles. The number of nitrogens with zero attached hydrogens (tertiary/aromatic N) is 1. The van der Waals surface area contributed by atoms with Crippen LogP contribution in [-0.2, 0) is 0 Å². The number of amides is 1. The number of carboxylic acid groups (broad SMARTS) is 1. The third-order valence-corrected chi connectivity index (χ3v) is 6.93. The van der Waals surface area contributed by atoms with Crippen molar-refractivity contribution in [3.63, 3.8) is 0 Å². The number of aromatic nitrogens is 1. The molecule has 1 aliphatic rings. The third kappa shape index (κ3) is 6.24. The molecule has 1 aliphatic carbocycles. The highest BCUT2D eigenvalue weighted by Crippen LogP contribution is 2.30. The summed E-state index contributed by atoms with van der Waals surface area (Å²) in [6.45, 7) is 2.11. The summed E-state index contributed by atoms with van der Waals surface area (Å²) in [6, 6.07) is 10.7. The highest BCUT2D eigenvalue weighted by molar-refractivity contribution is 8.00. The van der Waals surface area contributed by atoms with Gasteiger partial charge in [-0.15, -0.1) is 11.8 Å². The SMILES string of the molecule is CCCSc1nc(Sc2ccc(C(=O)O)cc2)ccc1C(=O)NC1CCCCC1. The molecule has 0 spiro atoms. The summed E-state index contributed by atoms with van der Waals surface area (Å²) in [4.78, 5) is 29.5. The molecule has 1 amide bonds. The average Bonchev–Trinajstić information content (AvgIpc) is 2.73. The van der Waals surface area contributed by atoms with Gasteiger partial charge in [-0.25, -0.2) is 9.78 Å². The van der Waals surface area contributed by atoms with Crippen LogP contribution in [0.5, 0.6) is 0 Å². The van der Waals surface area contributed by atoms with Crippen molar-refractivity contribution in [2.45, 2.75) is 66.4 Å². The first-order chi connectivity index (χ1) is 14.1. The zero-order valence-electron chi connectivity index (χ0n) is 16.5. The second-order valence-corrected chi connectivity index (χ2v) is 9.27. The molecule has 0 aliphatic heterocycles. The van der Waals surface area contributed by atoms with Crippen LogP contribution >= 0.6 is 23.5 Å². The maximum absolute atomic E-state index is 12.8. The topological polar surface area (TPSA) is 79.3 Å². The molecule has 0 saturated heterocycles. The van der Waals surface area contributed by atoms with Gasteiger partial charge in [0, 0.05) is 10.9 Å². The lowest BCUT2D eigenvalue weighted by molar-refractivity contribution is 0.0696. The van der Waals surface area contributed by atoms with Gasteiger partial charge < -0.3 is 10.4 Å². The quantitative estimate of drug-likeness (QED) is 0.539. The van der Waals surface area contributed by atoms with Crippen molar-refractivity contribution in [1.29, 1.82) is 0 Å². The summed E-state index contributed by atoms with van der Waals surface area (Å²) in [5.41, 5.74) is 0.899. The van der Waals surface area contributed by atoms with Crippen molar-refractivity contribution < 1.29 is 14.7 Å². The lowest BCUT2D eigenvalue weighted by Crippen LogP contribution is -2.36. The molecular weight excluding hydrogens is 404 g/mol. The van der Waals surface area contributed by atoms with Crippen LogP contribution in [0.15, 0.2) is 51.3 Å². The molecule has 1 saturated carbocycles. The summed E-state index contributed by atoms with van der Waals surface area (Å²) in [6.07, 6.45) is 6.72. The van der Waals surface area contributed by atoms with Crippen molar-refractivity contribution in [3.05, 3.63) is 47.5 Å². The molecule has 5 nitrogen and oxygen atoms in total. The predicted octanol–water partition coefficient (Wildman–Crippen LogP) is 5.50. The third-order valence-electron chi connectivity index (χ3n) is 4.79. The molecule has 2 N–H and O–H groups in total. The molecule has 1 heterocycles. The van der Waals surface area contributed by atoms with Crippen LogP contribution in [0.3, 0.4) is 0 Å². The van der Waals surface area contributed by atoms with Gasteiger partial charge in [-0.3, -0.25) is 4.79 Å². The molecule has 0 atom stereocenters. The van der Waals surface area contributed by atoms with Crippen molar-refractivity contribution in [3.8, 4) is 0 Å². The van der Waals surface area contributed by atoms with E-state index < -0.39 is 5.97 Å². The average molecular weight is 431 g/mol. The first-order valence-corrected chi connectivity index (χ1v) is 11.8. The number of thioether (sulfide) groups is 1. The lowest BCUT2D eigenvalue weighted by Gasteiger charge is -2.23. The zero-order chi connectivity index (χ0) is 20.6. The fourth-order valence-corrected chi connectivity index (χ4v) is 4.98. The molecule has 2 aromatic rings. The Kier molecular flexibility index (Phi) is 8.00. The largest absolute Gasteiger partial charge is 0.478 e. The van der Waals surface area contributed by atoms with E-state index in [9.17, 15) is 9.59 Å². The minimum atomic E-state index is -0.939. The highest BCUT2D eigenvalue weighted by atomic mass is 32.2. The number of rotatable bonds is 8. The maximum atomic E-state index is 12.8. The van der Waals surface area contributed by atoms with Gasteiger partial charge in [0.05, 0.1) is 11.1 Å². The molecule has 29 heavy (non-hydrogen) atoms. The van der Waals surface area contributed by atoms with E-state index in [1.54, 1.807) is 36.0 Å². The Labute approximate surface area is 180 Å². The van der Waals surface area contributed by atoms with Crippen molar-refractivity contribution in [2.24, 2.45) is 0 Å². The summed E-state index contributed by atoms with van der Waals surface area (Å²) in [5.74, 6) is -0.0744. The van der Waals surface area contributed by atoms with E-state index in [2.05, 4.69) is 12.2 Å². The Hall–Kier alpha value is -1.99. The van der Waals surface area contributed by atoms with Gasteiger partial charge in [0.2, 0.25) is 0 Å². The van der Waals surface area contributed by atoms with Crippen LogP contribution in [0.4, 0.5) is 0 Å². The lowest BCUT2D eigenvalue weighted by atomic mass is 9.95. The molecule has 3 rings (SSSR count). The normalized spacial score (nSPS) is 14.5. The number of hydrogen-bond donors (Lipinski definition) is 2. The second kappa shape index (κ2) is 10.7. The van der Waals surface area contributed by atoms with Crippen LogP contribution in [0.25, 0.3) is 0 Å². The molecule has 0 unspecified atom stereocenters. The van der Waals surface area contributed by atoms with E-state index in [-0.39, 0.29) is 17.5 Å². The van der Waals surface area contributed by atoms with E-state index in [1.807, 2.05) is 12.1 Å². The number of benzene rings is 1. The van der Waals surface area contributed by atoms with Crippen LogP contribution in [0.2, 0.25) is 0 Å². The molecule has 154 valence electrons. The minimum Gasteiger partial charge on any atom is -0.478 e. The van der Waals surface area contributed by atoms with E-state index in [0.717, 1.165) is 40.0 Å². The smallest absolute Gasteiger partial charge is 0.335 e. The number of carbonyl (C=O) groups excluding carboxylic acids is 1. The van der Waals surface area contributed by atoms with Gasteiger partial charge in [-0.05, 0) is 61.4 Å². The first-order valence-electron chi connectivity index (χ1n) is 10.0. The number of hydrogen-bond acceptors (Lipinski definition) is 5. The Balaban J connectivity index is 1.75. The fraction of sp³-hybridized carbons (Fsp3) is 0.409. The van der Waals surface area contributed by atoms with Crippen LogP contribution in [0.1, 0.15) is 66.2 Å². The summed E-state index contributed by atoms with van der Waals surface area (Å²) >= 11 is 3.07. The van der Waals surface area contributed by atoms with Crippen molar-refractivity contribution >= 4 is 35.4 Å². The van der Waals surface area contributed by atoms with Crippen LogP contribution in [0, 0.1) is 0 Å².